The van der Waals surface area contributed by atoms with Gasteiger partial charge in [-0.25, -0.2) is 0 Å². The van der Waals surface area contributed by atoms with Crippen LogP contribution in [0.4, 0.5) is 17.1 Å². The standard InChI is InChI=1S/C51H35BN2O2/c1-51(2)38-30-35(53(32-16-6-3-7-17-32)33-18-8-4-9-19-33)26-27-36(38)46-39(51)31-45-48-50(46)55-44-25-15-13-23-40(44)52(48)41-28-29-43-47(49(41)56-45)37-22-12-14-24-42(37)54(43)34-20-10-5-11-21-34/h3-31H,1-2H3. The number of nitrogens with zero attached hydrogens (tertiary/aromatic N) is 2. The first kappa shape index (κ1) is 31.4. The molecule has 0 unspecified atom stereocenters. The zero-order chi connectivity index (χ0) is 37.1. The lowest BCUT2D eigenvalue weighted by atomic mass is 9.34. The van der Waals surface area contributed by atoms with E-state index < -0.39 is 0 Å². The highest BCUT2D eigenvalue weighted by Gasteiger charge is 2.47. The maximum absolute atomic E-state index is 7.30. The molecule has 264 valence electrons. The summed E-state index contributed by atoms with van der Waals surface area (Å²) in [5.74, 6) is 3.59. The van der Waals surface area contributed by atoms with Crippen LogP contribution >= 0.6 is 0 Å². The van der Waals surface area contributed by atoms with Gasteiger partial charge in [-0.1, -0.05) is 117 Å². The van der Waals surface area contributed by atoms with E-state index in [0.717, 1.165) is 84.1 Å². The van der Waals surface area contributed by atoms with Crippen molar-refractivity contribution in [1.82, 2.24) is 4.57 Å². The molecule has 56 heavy (non-hydrogen) atoms. The highest BCUT2D eigenvalue weighted by molar-refractivity contribution is 6.98. The molecule has 0 spiro atoms. The van der Waals surface area contributed by atoms with Crippen LogP contribution in [-0.2, 0) is 5.41 Å². The van der Waals surface area contributed by atoms with E-state index in [1.807, 2.05) is 0 Å². The number of benzene rings is 8. The van der Waals surface area contributed by atoms with E-state index >= 15 is 0 Å². The molecule has 9 aromatic rings. The molecule has 8 aromatic carbocycles. The summed E-state index contributed by atoms with van der Waals surface area (Å²) in [6.07, 6.45) is 0. The van der Waals surface area contributed by atoms with Crippen molar-refractivity contribution in [2.45, 2.75) is 19.3 Å². The first-order valence-electron chi connectivity index (χ1n) is 19.4. The van der Waals surface area contributed by atoms with E-state index in [1.165, 1.54) is 22.1 Å². The summed E-state index contributed by atoms with van der Waals surface area (Å²) >= 11 is 0. The van der Waals surface area contributed by atoms with E-state index in [4.69, 9.17) is 9.47 Å². The van der Waals surface area contributed by atoms with E-state index in [0.29, 0.717) is 0 Å². The van der Waals surface area contributed by atoms with Crippen molar-refractivity contribution >= 4 is 62.0 Å². The summed E-state index contributed by atoms with van der Waals surface area (Å²) in [5, 5.41) is 2.31. The first-order valence-corrected chi connectivity index (χ1v) is 19.4. The number of hydrogen-bond donors (Lipinski definition) is 0. The Kier molecular flexibility index (Phi) is 6.45. The molecule has 2 aliphatic heterocycles. The quantitative estimate of drug-likeness (QED) is 0.170. The third-order valence-electron chi connectivity index (χ3n) is 12.3. The molecule has 1 aliphatic carbocycles. The fraction of sp³-hybridized carbons (Fsp3) is 0.0588. The number of ether oxygens (including phenoxy) is 2. The molecular formula is C51H35BN2O2. The van der Waals surface area contributed by atoms with Crippen LogP contribution in [0, 0.1) is 0 Å². The van der Waals surface area contributed by atoms with Crippen molar-refractivity contribution in [1.29, 1.82) is 0 Å². The summed E-state index contributed by atoms with van der Waals surface area (Å²) < 4.78 is 16.7. The van der Waals surface area contributed by atoms with Crippen molar-refractivity contribution < 1.29 is 9.47 Å². The second kappa shape index (κ2) is 11.5. The topological polar surface area (TPSA) is 26.6 Å². The highest BCUT2D eigenvalue weighted by atomic mass is 16.5. The SMILES string of the molecule is CC1(C)c2cc(N(c3ccccc3)c3ccccc3)ccc2-c2c1cc1c3c2Oc2ccccc2B3c2ccc3c(c2O1)c1ccccc1n3-c1ccccc1. The molecule has 0 amide bonds. The van der Waals surface area contributed by atoms with E-state index in [9.17, 15) is 0 Å². The summed E-state index contributed by atoms with van der Waals surface area (Å²) in [7, 11) is 0. The van der Waals surface area contributed by atoms with Crippen LogP contribution in [0.2, 0.25) is 0 Å². The van der Waals surface area contributed by atoms with E-state index in [2.05, 4.69) is 199 Å². The minimum Gasteiger partial charge on any atom is -0.458 e. The minimum atomic E-state index is -0.333. The van der Waals surface area contributed by atoms with Crippen molar-refractivity contribution in [2.75, 3.05) is 4.90 Å². The fourth-order valence-corrected chi connectivity index (χ4v) is 9.77. The molecule has 0 saturated heterocycles. The average molecular weight is 719 g/mol. The summed E-state index contributed by atoms with van der Waals surface area (Å²) in [6, 6.07) is 62.9. The lowest BCUT2D eigenvalue weighted by Crippen LogP contribution is -2.57. The number of para-hydroxylation sites is 5. The zero-order valence-electron chi connectivity index (χ0n) is 31.0. The Bertz CT molecular complexity index is 3020. The number of aromatic nitrogens is 1. The van der Waals surface area contributed by atoms with Gasteiger partial charge in [-0.3, -0.25) is 0 Å². The van der Waals surface area contributed by atoms with Gasteiger partial charge in [-0.15, -0.1) is 0 Å². The second-order valence-electron chi connectivity index (χ2n) is 15.6. The monoisotopic (exact) mass is 718 g/mol. The molecule has 4 nitrogen and oxygen atoms in total. The Balaban J connectivity index is 1.09. The van der Waals surface area contributed by atoms with Crippen molar-refractivity contribution in [2.24, 2.45) is 0 Å². The maximum atomic E-state index is 7.30. The molecule has 0 atom stereocenters. The molecular weight excluding hydrogens is 683 g/mol. The number of fused-ring (bicyclic) bond motifs is 12. The van der Waals surface area contributed by atoms with Gasteiger partial charge in [-0.05, 0) is 100 Å². The van der Waals surface area contributed by atoms with Gasteiger partial charge >= 0.3 is 0 Å². The van der Waals surface area contributed by atoms with Gasteiger partial charge in [0.15, 0.2) is 0 Å². The van der Waals surface area contributed by atoms with Gasteiger partial charge in [0, 0.05) is 44.6 Å². The third-order valence-corrected chi connectivity index (χ3v) is 12.3. The van der Waals surface area contributed by atoms with E-state index in [-0.39, 0.29) is 12.1 Å². The van der Waals surface area contributed by atoms with Gasteiger partial charge in [0.25, 0.3) is 6.71 Å². The summed E-state index contributed by atoms with van der Waals surface area (Å²) in [5.41, 5.74) is 14.7. The second-order valence-corrected chi connectivity index (χ2v) is 15.6. The molecule has 0 radical (unpaired) electrons. The Hall–Kier alpha value is -6.98. The smallest absolute Gasteiger partial charge is 0.260 e. The predicted molar refractivity (Wildman–Crippen MR) is 231 cm³/mol. The first-order chi connectivity index (χ1) is 27.6. The summed E-state index contributed by atoms with van der Waals surface area (Å²) in [6.45, 7) is 4.62. The van der Waals surface area contributed by atoms with Gasteiger partial charge in [0.1, 0.15) is 23.0 Å². The average Bonchev–Trinajstić information content (AvgIpc) is 3.70. The fourth-order valence-electron chi connectivity index (χ4n) is 9.77. The van der Waals surface area contributed by atoms with Crippen LogP contribution in [0.5, 0.6) is 23.0 Å². The Morgan fingerprint density at radius 3 is 1.95 bits per heavy atom. The summed E-state index contributed by atoms with van der Waals surface area (Å²) in [4.78, 5) is 2.34. The predicted octanol–water partition coefficient (Wildman–Crippen LogP) is 11.3. The molecule has 1 aromatic heterocycles. The van der Waals surface area contributed by atoms with Crippen molar-refractivity contribution in [3.05, 3.63) is 187 Å². The maximum Gasteiger partial charge on any atom is 0.260 e. The largest absolute Gasteiger partial charge is 0.458 e. The molecule has 0 N–H and O–H groups in total. The molecule has 3 heterocycles. The van der Waals surface area contributed by atoms with Crippen LogP contribution in [0.25, 0.3) is 38.6 Å². The molecule has 5 heteroatoms. The molecule has 12 rings (SSSR count). The minimum absolute atomic E-state index is 0.0553. The lowest BCUT2D eigenvalue weighted by molar-refractivity contribution is 0.466. The van der Waals surface area contributed by atoms with Crippen LogP contribution < -0.4 is 30.8 Å². The van der Waals surface area contributed by atoms with Crippen LogP contribution in [-0.4, -0.2) is 11.3 Å². The normalized spacial score (nSPS) is 13.9. The van der Waals surface area contributed by atoms with Gasteiger partial charge in [-0.2, -0.15) is 0 Å². The van der Waals surface area contributed by atoms with Gasteiger partial charge in [0.2, 0.25) is 0 Å². The van der Waals surface area contributed by atoms with Crippen LogP contribution in [0.1, 0.15) is 25.0 Å². The number of rotatable bonds is 4. The highest BCUT2D eigenvalue weighted by Crippen LogP contribution is 2.56. The molecule has 3 aliphatic rings. The number of anilines is 3. The van der Waals surface area contributed by atoms with Gasteiger partial charge < -0.3 is 18.9 Å². The third kappa shape index (κ3) is 4.25. The van der Waals surface area contributed by atoms with E-state index in [1.54, 1.807) is 0 Å². The van der Waals surface area contributed by atoms with Gasteiger partial charge in [0.05, 0.1) is 16.4 Å². The Morgan fingerprint density at radius 2 is 1.18 bits per heavy atom. The molecule has 0 bridgehead atoms. The number of hydrogen-bond acceptors (Lipinski definition) is 3. The van der Waals surface area contributed by atoms with Crippen molar-refractivity contribution in [3.8, 4) is 39.8 Å². The Morgan fingerprint density at radius 1 is 0.518 bits per heavy atom. The van der Waals surface area contributed by atoms with Crippen molar-refractivity contribution in [3.63, 3.8) is 0 Å². The Labute approximate surface area is 325 Å². The molecule has 0 fully saturated rings. The molecule has 0 saturated carbocycles. The lowest BCUT2D eigenvalue weighted by Gasteiger charge is -2.35. The van der Waals surface area contributed by atoms with Crippen LogP contribution in [0.3, 0.4) is 0 Å². The van der Waals surface area contributed by atoms with Crippen LogP contribution in [0.15, 0.2) is 176 Å². The zero-order valence-corrected chi connectivity index (χ0v) is 31.0.